The lowest BCUT2D eigenvalue weighted by Gasteiger charge is -2.48. The molecular weight excluding hydrogens is 917 g/mol. The van der Waals surface area contributed by atoms with Crippen LogP contribution in [0.1, 0.15) is 155 Å². The average Bonchev–Trinajstić information content (AvgIpc) is 4.45. The summed E-state index contributed by atoms with van der Waals surface area (Å²) >= 11 is 0. The van der Waals surface area contributed by atoms with Crippen LogP contribution in [0.5, 0.6) is 0 Å². The van der Waals surface area contributed by atoms with Crippen molar-refractivity contribution in [3.8, 4) is 44.5 Å². The summed E-state index contributed by atoms with van der Waals surface area (Å²) in [4.78, 5) is 5.84. The van der Waals surface area contributed by atoms with Gasteiger partial charge in [-0.3, -0.25) is 4.98 Å². The van der Waals surface area contributed by atoms with Crippen molar-refractivity contribution in [2.45, 2.75) is 98.7 Å². The summed E-state index contributed by atoms with van der Waals surface area (Å²) in [6, 6.07) is 61.2. The highest BCUT2D eigenvalue weighted by Crippen LogP contribution is 2.77. The summed E-state index contributed by atoms with van der Waals surface area (Å²) in [5, 5.41) is 6.19. The summed E-state index contributed by atoms with van der Waals surface area (Å²) in [5.74, 6) is 5.95. The molecule has 0 radical (unpaired) electrons. The second-order valence-corrected chi connectivity index (χ2v) is 26.8. The molecule has 7 unspecified atom stereocenters. The summed E-state index contributed by atoms with van der Waals surface area (Å²) in [6.07, 6.45) is 16.2. The van der Waals surface area contributed by atoms with Gasteiger partial charge < -0.3 is 4.40 Å². The standard InChI is InChI=1S/C74H54N2/c1-6-16-55-46(11-1)47-12-2-7-17-56(47)73(55)57-18-8-5-15-50(57)51-32-61-52(33-60(51)73)53-31-54-66-62(22-21-45-39-24-37-23-38(25-39)27-40(26-37)64(45)66)76-63-36-75-70-42-29-44-30-43-28-41(34-72(43,44)35-42)65(70)67(63)68(71(54)76)69(53)74(61)58-19-9-3-13-48(58)49-14-4-10-20-59(49)74/h1-22,31-33,36-44H,23-30,34-35H2. The van der Waals surface area contributed by atoms with Crippen molar-refractivity contribution in [1.29, 1.82) is 0 Å². The molecule has 11 aromatic rings. The maximum absolute atomic E-state index is 5.84. The molecule has 8 aromatic carbocycles. The fraction of sp³-hybridized carbons (Fsp3) is 0.284. The number of nitrogens with zero attached hydrogens (tertiary/aromatic N) is 2. The third-order valence-electron chi connectivity index (χ3n) is 24.4. The summed E-state index contributed by atoms with van der Waals surface area (Å²) in [6.45, 7) is 0. The van der Waals surface area contributed by atoms with Gasteiger partial charge >= 0.3 is 0 Å². The maximum Gasteiger partial charge on any atom is 0.0732 e. The van der Waals surface area contributed by atoms with E-state index in [9.17, 15) is 0 Å². The zero-order chi connectivity index (χ0) is 48.4. The van der Waals surface area contributed by atoms with Gasteiger partial charge in [0.15, 0.2) is 0 Å². The second-order valence-electron chi connectivity index (χ2n) is 26.8. The lowest BCUT2D eigenvalue weighted by Crippen LogP contribution is -2.41. The van der Waals surface area contributed by atoms with E-state index < -0.39 is 10.8 Å². The first-order chi connectivity index (χ1) is 37.6. The topological polar surface area (TPSA) is 17.3 Å². The van der Waals surface area contributed by atoms with Crippen LogP contribution in [-0.4, -0.2) is 9.38 Å². The van der Waals surface area contributed by atoms with Crippen molar-refractivity contribution in [3.05, 3.63) is 225 Å². The number of hydrogen-bond donors (Lipinski definition) is 0. The largest absolute Gasteiger partial charge is 0.306 e. The Morgan fingerprint density at radius 1 is 0.395 bits per heavy atom. The molecule has 12 aliphatic rings. The van der Waals surface area contributed by atoms with Crippen LogP contribution in [0.3, 0.4) is 0 Å². The maximum atomic E-state index is 5.84. The van der Waals surface area contributed by atoms with E-state index in [1.807, 2.05) is 0 Å². The fourth-order valence-corrected chi connectivity index (χ4v) is 22.4. The lowest BCUT2D eigenvalue weighted by molar-refractivity contribution is 0.00321. The molecule has 23 rings (SSSR count). The minimum absolute atomic E-state index is 0.434. The Bertz CT molecular complexity index is 4530. The average molecular weight is 971 g/mol. The fourth-order valence-electron chi connectivity index (χ4n) is 22.4. The first-order valence-electron chi connectivity index (χ1n) is 29.5. The summed E-state index contributed by atoms with van der Waals surface area (Å²) in [7, 11) is 0. The van der Waals surface area contributed by atoms with Crippen LogP contribution in [0.4, 0.5) is 0 Å². The number of benzene rings is 8. The van der Waals surface area contributed by atoms with Crippen LogP contribution in [0, 0.1) is 29.1 Å². The second kappa shape index (κ2) is 12.4. The predicted molar refractivity (Wildman–Crippen MR) is 305 cm³/mol. The molecule has 3 spiro atoms. The zero-order valence-electron chi connectivity index (χ0n) is 42.6. The van der Waals surface area contributed by atoms with Gasteiger partial charge in [0.25, 0.3) is 0 Å². The van der Waals surface area contributed by atoms with Gasteiger partial charge in [-0.25, -0.2) is 0 Å². The summed E-state index contributed by atoms with van der Waals surface area (Å²) in [5.41, 5.74) is 33.2. The van der Waals surface area contributed by atoms with Crippen LogP contribution >= 0.6 is 0 Å². The summed E-state index contributed by atoms with van der Waals surface area (Å²) < 4.78 is 2.83. The van der Waals surface area contributed by atoms with Gasteiger partial charge in [-0.2, -0.15) is 0 Å². The Morgan fingerprint density at radius 2 is 0.934 bits per heavy atom. The Hall–Kier alpha value is -7.29. The van der Waals surface area contributed by atoms with Crippen molar-refractivity contribution < 1.29 is 0 Å². The molecule has 7 atom stereocenters. The van der Waals surface area contributed by atoms with Gasteiger partial charge in [0.05, 0.1) is 33.6 Å². The molecule has 76 heavy (non-hydrogen) atoms. The van der Waals surface area contributed by atoms with Crippen LogP contribution in [0.2, 0.25) is 0 Å². The molecule has 360 valence electrons. The molecule has 0 amide bonds. The monoisotopic (exact) mass is 970 g/mol. The van der Waals surface area contributed by atoms with E-state index in [-0.39, 0.29) is 0 Å². The van der Waals surface area contributed by atoms with Crippen molar-refractivity contribution in [3.63, 3.8) is 0 Å². The molecule has 7 bridgehead atoms. The SMILES string of the molecule is c1ccc2c(c1)-c1ccccc1C21c2ccccc2-c2cc3c(cc21)-c1cc2c4c5c(ccc4n4c6cnc7c(c6c(c1C31c3ccccc3-c3ccccc31)c24)C1CC2CC3CC7CC32C1)C1CC2CC(C1)CC5C2. The Kier molecular flexibility index (Phi) is 6.40. The normalized spacial score (nSPS) is 29.1. The van der Waals surface area contributed by atoms with E-state index in [4.69, 9.17) is 4.98 Å². The molecule has 2 nitrogen and oxygen atoms in total. The highest BCUT2D eigenvalue weighted by atomic mass is 14.9. The first-order valence-corrected chi connectivity index (χ1v) is 29.5. The molecule has 0 N–H and O–H groups in total. The predicted octanol–water partition coefficient (Wildman–Crippen LogP) is 17.7. The van der Waals surface area contributed by atoms with Gasteiger partial charge in [-0.15, -0.1) is 0 Å². The van der Waals surface area contributed by atoms with Crippen LogP contribution < -0.4 is 0 Å². The lowest BCUT2D eigenvalue weighted by atomic mass is 9.56. The highest BCUT2D eigenvalue weighted by molar-refractivity contribution is 6.29. The first kappa shape index (κ1) is 39.1. The van der Waals surface area contributed by atoms with Gasteiger partial charge in [-0.05, 0) is 241 Å². The molecule has 12 aliphatic carbocycles. The quantitative estimate of drug-likeness (QED) is 0.148. The van der Waals surface area contributed by atoms with Crippen molar-refractivity contribution in [1.82, 2.24) is 9.38 Å². The van der Waals surface area contributed by atoms with E-state index in [1.54, 1.807) is 38.4 Å². The van der Waals surface area contributed by atoms with Crippen LogP contribution in [0.15, 0.2) is 158 Å². The molecule has 2 heteroatoms. The van der Waals surface area contributed by atoms with E-state index in [0.29, 0.717) is 29.1 Å². The molecule has 0 aliphatic heterocycles. The zero-order valence-corrected chi connectivity index (χ0v) is 42.6. The van der Waals surface area contributed by atoms with Crippen molar-refractivity contribution >= 4 is 38.1 Å². The minimum Gasteiger partial charge on any atom is -0.306 e. The van der Waals surface area contributed by atoms with Crippen LogP contribution in [0.25, 0.3) is 82.6 Å². The van der Waals surface area contributed by atoms with E-state index >= 15 is 0 Å². The molecule has 3 aromatic heterocycles. The number of hydrogen-bond acceptors (Lipinski definition) is 1. The van der Waals surface area contributed by atoms with Gasteiger partial charge in [-0.1, -0.05) is 127 Å². The molecular formula is C74H54N2. The van der Waals surface area contributed by atoms with Crippen LogP contribution in [-0.2, 0) is 10.8 Å². The van der Waals surface area contributed by atoms with Crippen molar-refractivity contribution in [2.24, 2.45) is 29.1 Å². The third-order valence-corrected chi connectivity index (χ3v) is 24.4. The molecule has 5 saturated carbocycles. The third kappa shape index (κ3) is 3.90. The Balaban J connectivity index is 0.965. The molecule has 3 heterocycles. The Morgan fingerprint density at radius 3 is 1.58 bits per heavy atom. The van der Waals surface area contributed by atoms with E-state index in [2.05, 4.69) is 162 Å². The Labute approximate surface area is 442 Å². The van der Waals surface area contributed by atoms with Gasteiger partial charge in [0.1, 0.15) is 0 Å². The number of aromatic nitrogens is 2. The van der Waals surface area contributed by atoms with E-state index in [0.717, 1.165) is 23.7 Å². The van der Waals surface area contributed by atoms with E-state index in [1.165, 1.54) is 175 Å². The molecule has 5 fully saturated rings. The van der Waals surface area contributed by atoms with Gasteiger partial charge in [0.2, 0.25) is 0 Å². The smallest absolute Gasteiger partial charge is 0.0732 e. The number of rotatable bonds is 0. The minimum atomic E-state index is -0.539. The van der Waals surface area contributed by atoms with Crippen molar-refractivity contribution in [2.75, 3.05) is 0 Å². The highest BCUT2D eigenvalue weighted by Gasteiger charge is 2.66. The number of pyridine rings is 1. The number of fused-ring (bicyclic) bond motifs is 33. The van der Waals surface area contributed by atoms with Gasteiger partial charge in [0, 0.05) is 33.2 Å². The molecule has 0 saturated heterocycles.